The highest BCUT2D eigenvalue weighted by atomic mass is 32.2. The summed E-state index contributed by atoms with van der Waals surface area (Å²) in [6.45, 7) is 1.96. The maximum Gasteiger partial charge on any atom is 0.485 e. The van der Waals surface area contributed by atoms with E-state index in [1.54, 1.807) is 24.3 Å². The lowest BCUT2D eigenvalue weighted by atomic mass is 9.79. The summed E-state index contributed by atoms with van der Waals surface area (Å²) in [5.41, 5.74) is 1.52. The molecule has 0 aliphatic heterocycles. The number of benzene rings is 1. The van der Waals surface area contributed by atoms with E-state index in [-0.39, 0.29) is 0 Å². The van der Waals surface area contributed by atoms with Crippen LogP contribution in [-0.2, 0) is 10.8 Å². The topological polar surface area (TPSA) is 57.5 Å². The number of hydrogen-bond acceptors (Lipinski definition) is 3. The van der Waals surface area contributed by atoms with Gasteiger partial charge in [0.05, 0.1) is 10.8 Å². The molecule has 3 nitrogen and oxygen atoms in total. The summed E-state index contributed by atoms with van der Waals surface area (Å²) < 4.78 is 12.3. The Labute approximate surface area is 103 Å². The molecule has 5 heteroatoms. The standard InChI is InChI=1S/C12H13BO3S/c1-9-5-7-10(8-6-9)17(16)12-4-2-3-11(12)13(14)15/h2,4-8,14-15H,3H2,1H3. The molecule has 0 saturated heterocycles. The monoisotopic (exact) mass is 248 g/mol. The number of allylic oxidation sites excluding steroid dienone is 3. The molecule has 0 heterocycles. The molecule has 0 fully saturated rings. The van der Waals surface area contributed by atoms with E-state index >= 15 is 0 Å². The predicted molar refractivity (Wildman–Crippen MR) is 68.6 cm³/mol. The van der Waals surface area contributed by atoms with Crippen LogP contribution in [0.5, 0.6) is 0 Å². The van der Waals surface area contributed by atoms with Gasteiger partial charge in [-0.15, -0.1) is 0 Å². The minimum atomic E-state index is -1.53. The van der Waals surface area contributed by atoms with E-state index in [4.69, 9.17) is 0 Å². The van der Waals surface area contributed by atoms with Crippen LogP contribution in [0.1, 0.15) is 12.0 Å². The van der Waals surface area contributed by atoms with Crippen LogP contribution in [0.15, 0.2) is 51.7 Å². The average molecular weight is 248 g/mol. The zero-order valence-corrected chi connectivity index (χ0v) is 10.3. The van der Waals surface area contributed by atoms with Crippen LogP contribution < -0.4 is 0 Å². The van der Waals surface area contributed by atoms with Gasteiger partial charge in [-0.1, -0.05) is 29.8 Å². The first-order valence-electron chi connectivity index (χ1n) is 5.34. The van der Waals surface area contributed by atoms with Gasteiger partial charge in [0.25, 0.3) is 0 Å². The van der Waals surface area contributed by atoms with Gasteiger partial charge < -0.3 is 10.0 Å². The molecule has 0 spiro atoms. The van der Waals surface area contributed by atoms with Crippen molar-refractivity contribution >= 4 is 17.9 Å². The Kier molecular flexibility index (Phi) is 3.62. The molecule has 88 valence electrons. The van der Waals surface area contributed by atoms with Crippen molar-refractivity contribution in [2.24, 2.45) is 0 Å². The molecule has 1 aliphatic carbocycles. The molecule has 2 rings (SSSR count). The maximum atomic E-state index is 12.3. The first-order chi connectivity index (χ1) is 8.09. The van der Waals surface area contributed by atoms with Crippen molar-refractivity contribution in [3.05, 3.63) is 52.4 Å². The Balaban J connectivity index is 2.34. The van der Waals surface area contributed by atoms with E-state index < -0.39 is 17.9 Å². The van der Waals surface area contributed by atoms with Crippen molar-refractivity contribution in [2.75, 3.05) is 0 Å². The highest BCUT2D eigenvalue weighted by Crippen LogP contribution is 2.26. The molecule has 1 aromatic carbocycles. The largest absolute Gasteiger partial charge is 0.485 e. The normalized spacial score (nSPS) is 16.4. The lowest BCUT2D eigenvalue weighted by molar-refractivity contribution is 0.418. The van der Waals surface area contributed by atoms with Crippen LogP contribution in [0.25, 0.3) is 0 Å². The molecule has 17 heavy (non-hydrogen) atoms. The summed E-state index contributed by atoms with van der Waals surface area (Å²) in [5.74, 6) is 0. The van der Waals surface area contributed by atoms with Crippen molar-refractivity contribution in [1.29, 1.82) is 0 Å². The van der Waals surface area contributed by atoms with Gasteiger partial charge in [0.1, 0.15) is 0 Å². The lowest BCUT2D eigenvalue weighted by Crippen LogP contribution is -2.16. The Hall–Kier alpha value is -1.17. The van der Waals surface area contributed by atoms with Gasteiger partial charge in [0.2, 0.25) is 0 Å². The lowest BCUT2D eigenvalue weighted by Gasteiger charge is -2.06. The summed E-state index contributed by atoms with van der Waals surface area (Å²) >= 11 is 0. The van der Waals surface area contributed by atoms with E-state index in [0.717, 1.165) is 5.56 Å². The molecular weight excluding hydrogens is 235 g/mol. The second-order valence-corrected chi connectivity index (χ2v) is 5.40. The smallest absolute Gasteiger partial charge is 0.423 e. The predicted octanol–water partition coefficient (Wildman–Crippen LogP) is 1.33. The third-order valence-electron chi connectivity index (χ3n) is 2.67. The minimum absolute atomic E-state index is 0.420. The van der Waals surface area contributed by atoms with Gasteiger partial charge in [-0.05, 0) is 30.9 Å². The van der Waals surface area contributed by atoms with Crippen LogP contribution >= 0.6 is 0 Å². The molecule has 0 amide bonds. The van der Waals surface area contributed by atoms with Gasteiger partial charge in [0.15, 0.2) is 0 Å². The fourth-order valence-corrected chi connectivity index (χ4v) is 2.99. The Morgan fingerprint density at radius 1 is 1.24 bits per heavy atom. The van der Waals surface area contributed by atoms with Crippen LogP contribution in [-0.4, -0.2) is 21.4 Å². The van der Waals surface area contributed by atoms with E-state index in [2.05, 4.69) is 0 Å². The van der Waals surface area contributed by atoms with Crippen molar-refractivity contribution < 1.29 is 14.3 Å². The molecule has 2 N–H and O–H groups in total. The second-order valence-electron chi connectivity index (χ2n) is 3.95. The molecule has 0 aromatic heterocycles. The zero-order chi connectivity index (χ0) is 12.4. The summed E-state index contributed by atoms with van der Waals surface area (Å²) in [4.78, 5) is 1.18. The summed E-state index contributed by atoms with van der Waals surface area (Å²) in [6, 6.07) is 7.38. The maximum absolute atomic E-state index is 12.3. The SMILES string of the molecule is Cc1ccc(S(=O)C2=C(B(O)O)CC=C2)cc1. The Morgan fingerprint density at radius 3 is 2.47 bits per heavy atom. The molecule has 1 aromatic rings. The quantitative estimate of drug-likeness (QED) is 0.793. The van der Waals surface area contributed by atoms with Gasteiger partial charge >= 0.3 is 7.12 Å². The van der Waals surface area contributed by atoms with Crippen molar-refractivity contribution in [1.82, 2.24) is 0 Å². The highest BCUT2D eigenvalue weighted by Gasteiger charge is 2.24. The number of hydrogen-bond donors (Lipinski definition) is 2. The number of aryl methyl sites for hydroxylation is 1. The van der Waals surface area contributed by atoms with E-state index in [9.17, 15) is 14.3 Å². The van der Waals surface area contributed by atoms with E-state index in [1.165, 1.54) is 0 Å². The molecular formula is C12H13BO3S. The molecule has 0 saturated carbocycles. The van der Waals surface area contributed by atoms with Crippen molar-refractivity contribution in [2.45, 2.75) is 18.2 Å². The molecule has 0 bridgehead atoms. The van der Waals surface area contributed by atoms with E-state index in [0.29, 0.717) is 21.7 Å². The first kappa shape index (κ1) is 12.3. The molecule has 1 atom stereocenters. The fourth-order valence-electron chi connectivity index (χ4n) is 1.70. The average Bonchev–Trinajstić information content (AvgIpc) is 2.78. The van der Waals surface area contributed by atoms with Crippen LogP contribution in [0, 0.1) is 6.92 Å². The van der Waals surface area contributed by atoms with Gasteiger partial charge in [0, 0.05) is 9.80 Å². The van der Waals surface area contributed by atoms with Gasteiger partial charge in [-0.2, -0.15) is 0 Å². The summed E-state index contributed by atoms with van der Waals surface area (Å²) in [6.07, 6.45) is 3.94. The second kappa shape index (κ2) is 5.00. The van der Waals surface area contributed by atoms with Crippen LogP contribution in [0.4, 0.5) is 0 Å². The van der Waals surface area contributed by atoms with Crippen molar-refractivity contribution in [3.63, 3.8) is 0 Å². The van der Waals surface area contributed by atoms with Gasteiger partial charge in [-0.3, -0.25) is 0 Å². The zero-order valence-electron chi connectivity index (χ0n) is 9.46. The molecule has 1 aliphatic rings. The summed E-state index contributed by atoms with van der Waals surface area (Å²) in [5, 5.41) is 18.4. The third-order valence-corrected chi connectivity index (χ3v) is 4.17. The van der Waals surface area contributed by atoms with E-state index in [1.807, 2.05) is 19.1 Å². The van der Waals surface area contributed by atoms with Crippen LogP contribution in [0.3, 0.4) is 0 Å². The molecule has 1 unspecified atom stereocenters. The fraction of sp³-hybridized carbons (Fsp3) is 0.167. The highest BCUT2D eigenvalue weighted by molar-refractivity contribution is 7.89. The Bertz CT molecular complexity index is 503. The van der Waals surface area contributed by atoms with Crippen LogP contribution in [0.2, 0.25) is 0 Å². The Morgan fingerprint density at radius 2 is 1.88 bits per heavy atom. The molecule has 0 radical (unpaired) electrons. The summed E-state index contributed by atoms with van der Waals surface area (Å²) in [7, 11) is -2.88. The minimum Gasteiger partial charge on any atom is -0.423 e. The first-order valence-corrected chi connectivity index (χ1v) is 6.48. The van der Waals surface area contributed by atoms with Crippen molar-refractivity contribution in [3.8, 4) is 0 Å². The van der Waals surface area contributed by atoms with Gasteiger partial charge in [-0.25, -0.2) is 4.21 Å². The number of rotatable bonds is 3. The third kappa shape index (κ3) is 2.57.